The minimum Gasteiger partial charge on any atom is -0.346 e. The summed E-state index contributed by atoms with van der Waals surface area (Å²) in [7, 11) is 0. The Bertz CT molecular complexity index is 414. The maximum Gasteiger partial charge on any atom is 0.291 e. The van der Waals surface area contributed by atoms with Crippen molar-refractivity contribution in [1.82, 2.24) is 20.5 Å². The van der Waals surface area contributed by atoms with Crippen LogP contribution in [0, 0.1) is 5.41 Å². The lowest BCUT2D eigenvalue weighted by Crippen LogP contribution is -2.41. The smallest absolute Gasteiger partial charge is 0.291 e. The Morgan fingerprint density at radius 1 is 1.47 bits per heavy atom. The third-order valence-corrected chi connectivity index (χ3v) is 3.32. The van der Waals surface area contributed by atoms with Crippen LogP contribution in [0.3, 0.4) is 0 Å². The standard InChI is InChI=1S/C12H20N4O/c1-7(12(2,3)4)13-11(17)10-14-9(15-16-10)8-5-6-8/h7-8H,5-6H2,1-4H3,(H,13,17)(H,14,15,16). The molecule has 0 radical (unpaired) electrons. The Morgan fingerprint density at radius 2 is 2.12 bits per heavy atom. The lowest BCUT2D eigenvalue weighted by molar-refractivity contribution is 0.0900. The summed E-state index contributed by atoms with van der Waals surface area (Å²) in [6.45, 7) is 8.26. The predicted molar refractivity (Wildman–Crippen MR) is 64.7 cm³/mol. The monoisotopic (exact) mass is 236 g/mol. The largest absolute Gasteiger partial charge is 0.346 e. The summed E-state index contributed by atoms with van der Waals surface area (Å²) < 4.78 is 0. The van der Waals surface area contributed by atoms with Crippen molar-refractivity contribution < 1.29 is 4.79 Å². The van der Waals surface area contributed by atoms with E-state index in [-0.39, 0.29) is 23.2 Å². The Labute approximate surface area is 101 Å². The van der Waals surface area contributed by atoms with Crippen molar-refractivity contribution in [2.75, 3.05) is 0 Å². The summed E-state index contributed by atoms with van der Waals surface area (Å²) in [5.74, 6) is 1.39. The van der Waals surface area contributed by atoms with Crippen LogP contribution in [0.2, 0.25) is 0 Å². The summed E-state index contributed by atoms with van der Waals surface area (Å²) in [6, 6.07) is 0.0814. The van der Waals surface area contributed by atoms with Crippen LogP contribution in [-0.4, -0.2) is 27.1 Å². The van der Waals surface area contributed by atoms with Crippen molar-refractivity contribution in [3.05, 3.63) is 11.6 Å². The van der Waals surface area contributed by atoms with Gasteiger partial charge in [-0.05, 0) is 25.2 Å². The Kier molecular flexibility index (Phi) is 2.93. The van der Waals surface area contributed by atoms with Gasteiger partial charge in [0.05, 0.1) is 0 Å². The summed E-state index contributed by atoms with van der Waals surface area (Å²) in [6.07, 6.45) is 2.29. The van der Waals surface area contributed by atoms with Gasteiger partial charge in [0.15, 0.2) is 0 Å². The Hall–Kier alpha value is -1.39. The van der Waals surface area contributed by atoms with Gasteiger partial charge in [0, 0.05) is 12.0 Å². The van der Waals surface area contributed by atoms with Crippen molar-refractivity contribution in [2.45, 2.75) is 52.5 Å². The molecule has 1 aromatic rings. The van der Waals surface area contributed by atoms with E-state index >= 15 is 0 Å². The Balaban J connectivity index is 1.99. The second-order valence-electron chi connectivity index (χ2n) is 5.88. The van der Waals surface area contributed by atoms with Gasteiger partial charge < -0.3 is 5.32 Å². The first-order valence-corrected chi connectivity index (χ1v) is 6.11. The molecule has 5 nitrogen and oxygen atoms in total. The van der Waals surface area contributed by atoms with Crippen LogP contribution in [0.25, 0.3) is 0 Å². The second kappa shape index (κ2) is 4.13. The second-order valence-corrected chi connectivity index (χ2v) is 5.88. The predicted octanol–water partition coefficient (Wildman–Crippen LogP) is 1.85. The molecule has 94 valence electrons. The molecule has 17 heavy (non-hydrogen) atoms. The lowest BCUT2D eigenvalue weighted by Gasteiger charge is -2.27. The number of hydrogen-bond donors (Lipinski definition) is 2. The van der Waals surface area contributed by atoms with Crippen molar-refractivity contribution in [3.8, 4) is 0 Å². The lowest BCUT2D eigenvalue weighted by atomic mass is 9.88. The van der Waals surface area contributed by atoms with Gasteiger partial charge in [0.2, 0.25) is 5.82 Å². The number of carbonyl (C=O) groups excluding carboxylic acids is 1. The molecule has 1 aliphatic rings. The molecule has 1 aromatic heterocycles. The quantitative estimate of drug-likeness (QED) is 0.841. The average molecular weight is 236 g/mol. The molecule has 1 amide bonds. The summed E-state index contributed by atoms with van der Waals surface area (Å²) >= 11 is 0. The molecule has 2 rings (SSSR count). The molecular formula is C12H20N4O. The van der Waals surface area contributed by atoms with E-state index in [1.54, 1.807) is 0 Å². The highest BCUT2D eigenvalue weighted by atomic mass is 16.2. The SMILES string of the molecule is CC(NC(=O)c1n[nH]c(C2CC2)n1)C(C)(C)C. The van der Waals surface area contributed by atoms with Crippen LogP contribution < -0.4 is 5.32 Å². The van der Waals surface area contributed by atoms with E-state index in [1.165, 1.54) is 0 Å². The number of carbonyl (C=O) groups is 1. The zero-order valence-electron chi connectivity index (χ0n) is 10.9. The van der Waals surface area contributed by atoms with E-state index < -0.39 is 0 Å². The van der Waals surface area contributed by atoms with Crippen LogP contribution in [-0.2, 0) is 0 Å². The fourth-order valence-corrected chi connectivity index (χ4v) is 1.39. The van der Waals surface area contributed by atoms with Crippen LogP contribution >= 0.6 is 0 Å². The molecular weight excluding hydrogens is 216 g/mol. The van der Waals surface area contributed by atoms with E-state index in [1.807, 2.05) is 6.92 Å². The molecule has 1 unspecified atom stereocenters. The molecule has 0 bridgehead atoms. The molecule has 0 spiro atoms. The van der Waals surface area contributed by atoms with Gasteiger partial charge in [0.1, 0.15) is 5.82 Å². The number of nitrogens with one attached hydrogen (secondary N) is 2. The van der Waals surface area contributed by atoms with E-state index in [9.17, 15) is 4.79 Å². The highest BCUT2D eigenvalue weighted by molar-refractivity contribution is 5.90. The first kappa shape index (κ1) is 12.1. The van der Waals surface area contributed by atoms with E-state index in [0.29, 0.717) is 5.92 Å². The number of hydrogen-bond acceptors (Lipinski definition) is 3. The van der Waals surface area contributed by atoms with Gasteiger partial charge in [-0.1, -0.05) is 20.8 Å². The van der Waals surface area contributed by atoms with Crippen molar-refractivity contribution in [2.24, 2.45) is 5.41 Å². The molecule has 1 heterocycles. The molecule has 0 saturated heterocycles. The van der Waals surface area contributed by atoms with Gasteiger partial charge in [-0.15, -0.1) is 5.10 Å². The highest BCUT2D eigenvalue weighted by Gasteiger charge is 2.29. The van der Waals surface area contributed by atoms with Crippen LogP contribution in [0.4, 0.5) is 0 Å². The maximum absolute atomic E-state index is 11.9. The van der Waals surface area contributed by atoms with Gasteiger partial charge in [-0.3, -0.25) is 9.89 Å². The summed E-state index contributed by atoms with van der Waals surface area (Å²) in [5.41, 5.74) is 0.0330. The van der Waals surface area contributed by atoms with Crippen molar-refractivity contribution in [1.29, 1.82) is 0 Å². The molecule has 1 aliphatic carbocycles. The molecule has 0 aliphatic heterocycles. The molecule has 2 N–H and O–H groups in total. The number of amides is 1. The number of aromatic nitrogens is 3. The third-order valence-electron chi connectivity index (χ3n) is 3.32. The molecule has 1 fully saturated rings. The number of rotatable bonds is 3. The first-order valence-electron chi connectivity index (χ1n) is 6.11. The van der Waals surface area contributed by atoms with Crippen molar-refractivity contribution >= 4 is 5.91 Å². The normalized spacial score (nSPS) is 17.9. The molecule has 5 heteroatoms. The summed E-state index contributed by atoms with van der Waals surface area (Å²) in [5, 5.41) is 9.73. The minimum atomic E-state index is -0.199. The highest BCUT2D eigenvalue weighted by Crippen LogP contribution is 2.37. The molecule has 1 saturated carbocycles. The topological polar surface area (TPSA) is 70.7 Å². The average Bonchev–Trinajstić information content (AvgIpc) is 2.95. The zero-order valence-corrected chi connectivity index (χ0v) is 10.9. The first-order chi connectivity index (χ1) is 7.88. The van der Waals surface area contributed by atoms with Gasteiger partial charge in [-0.2, -0.15) is 0 Å². The van der Waals surface area contributed by atoms with Crippen LogP contribution in [0.1, 0.15) is 62.9 Å². The van der Waals surface area contributed by atoms with Crippen molar-refractivity contribution in [3.63, 3.8) is 0 Å². The summed E-state index contributed by atoms with van der Waals surface area (Å²) in [4.78, 5) is 16.1. The Morgan fingerprint density at radius 3 is 2.65 bits per heavy atom. The van der Waals surface area contributed by atoms with Crippen LogP contribution in [0.5, 0.6) is 0 Å². The minimum absolute atomic E-state index is 0.0330. The van der Waals surface area contributed by atoms with E-state index in [0.717, 1.165) is 18.7 Å². The van der Waals surface area contributed by atoms with E-state index in [4.69, 9.17) is 0 Å². The fourth-order valence-electron chi connectivity index (χ4n) is 1.39. The number of aromatic amines is 1. The molecule has 0 aromatic carbocycles. The fraction of sp³-hybridized carbons (Fsp3) is 0.750. The number of H-pyrrole nitrogens is 1. The molecule has 1 atom stereocenters. The van der Waals surface area contributed by atoms with Gasteiger partial charge in [-0.25, -0.2) is 4.98 Å². The van der Waals surface area contributed by atoms with E-state index in [2.05, 4.69) is 41.3 Å². The zero-order chi connectivity index (χ0) is 12.6. The van der Waals surface area contributed by atoms with Gasteiger partial charge >= 0.3 is 0 Å². The maximum atomic E-state index is 11.9. The third kappa shape index (κ3) is 2.84. The number of nitrogens with zero attached hydrogens (tertiary/aromatic N) is 2. The van der Waals surface area contributed by atoms with Gasteiger partial charge in [0.25, 0.3) is 5.91 Å². The van der Waals surface area contributed by atoms with Crippen LogP contribution in [0.15, 0.2) is 0 Å².